The van der Waals surface area contributed by atoms with E-state index in [4.69, 9.17) is 32.7 Å². The van der Waals surface area contributed by atoms with Crippen LogP contribution in [0.2, 0.25) is 10.0 Å². The van der Waals surface area contributed by atoms with Crippen LogP contribution < -0.4 is 19.1 Å². The molecule has 42 heavy (non-hydrogen) atoms. The lowest BCUT2D eigenvalue weighted by Gasteiger charge is -2.34. The average molecular weight is 637 g/mol. The highest BCUT2D eigenvalue weighted by molar-refractivity contribution is 7.92. The summed E-state index contributed by atoms with van der Waals surface area (Å²) in [6, 6.07) is 16.1. The van der Waals surface area contributed by atoms with Crippen molar-refractivity contribution >= 4 is 50.7 Å². The van der Waals surface area contributed by atoms with Gasteiger partial charge in [-0.1, -0.05) is 48.3 Å². The Morgan fingerprint density at radius 3 is 2.07 bits per heavy atom. The third kappa shape index (κ3) is 7.67. The fourth-order valence-electron chi connectivity index (χ4n) is 4.38. The van der Waals surface area contributed by atoms with E-state index in [-0.39, 0.29) is 41.2 Å². The molecule has 0 bridgehead atoms. The number of benzene rings is 3. The van der Waals surface area contributed by atoms with Crippen molar-refractivity contribution in [3.05, 3.63) is 82.3 Å². The number of para-hydroxylation sites is 2. The van der Waals surface area contributed by atoms with Gasteiger partial charge >= 0.3 is 0 Å². The highest BCUT2D eigenvalue weighted by Gasteiger charge is 2.35. The molecule has 0 heterocycles. The van der Waals surface area contributed by atoms with Crippen LogP contribution in [0.4, 0.5) is 5.69 Å². The second-order valence-corrected chi connectivity index (χ2v) is 12.3. The van der Waals surface area contributed by atoms with E-state index in [0.717, 1.165) is 4.31 Å². The van der Waals surface area contributed by atoms with E-state index in [1.165, 1.54) is 43.4 Å². The first-order valence-electron chi connectivity index (χ1n) is 13.3. The number of nitrogens with one attached hydrogen (secondary N) is 1. The van der Waals surface area contributed by atoms with Crippen molar-refractivity contribution in [1.82, 2.24) is 10.2 Å². The van der Waals surface area contributed by atoms with Gasteiger partial charge in [0.1, 0.15) is 24.1 Å². The molecule has 0 aliphatic carbocycles. The Hall–Kier alpha value is -3.47. The van der Waals surface area contributed by atoms with E-state index in [2.05, 4.69) is 5.32 Å². The van der Waals surface area contributed by atoms with Crippen LogP contribution in [-0.2, 0) is 26.2 Å². The Kier molecular flexibility index (Phi) is 11.5. The van der Waals surface area contributed by atoms with Gasteiger partial charge in [-0.2, -0.15) is 0 Å². The Morgan fingerprint density at radius 2 is 1.52 bits per heavy atom. The maximum absolute atomic E-state index is 14.2. The van der Waals surface area contributed by atoms with Gasteiger partial charge in [0.15, 0.2) is 0 Å². The fraction of sp³-hybridized carbons (Fsp3) is 0.333. The highest BCUT2D eigenvalue weighted by Crippen LogP contribution is 2.33. The number of anilines is 1. The van der Waals surface area contributed by atoms with Gasteiger partial charge in [0, 0.05) is 28.2 Å². The standard InChI is InChI=1S/C30H35Cl2N3O6S/c1-6-26(30(37)33-20(2)3)34(18-23-24(31)10-9-11-25(23)32)29(36)19-35(27-12-7-8-13-28(27)41-5)42(38,39)22-16-14-21(40-4)15-17-22/h7-17,20,26H,6,18-19H2,1-5H3,(H,33,37). The van der Waals surface area contributed by atoms with Gasteiger partial charge in [0.2, 0.25) is 11.8 Å². The van der Waals surface area contributed by atoms with E-state index < -0.39 is 28.5 Å². The van der Waals surface area contributed by atoms with Crippen molar-refractivity contribution in [3.63, 3.8) is 0 Å². The molecule has 3 rings (SSSR count). The molecule has 0 spiro atoms. The highest BCUT2D eigenvalue weighted by atomic mass is 35.5. The molecule has 0 aliphatic rings. The number of sulfonamides is 1. The first kappa shape index (κ1) is 33.0. The van der Waals surface area contributed by atoms with Gasteiger partial charge in [-0.3, -0.25) is 13.9 Å². The zero-order valence-corrected chi connectivity index (χ0v) is 26.5. The van der Waals surface area contributed by atoms with E-state index in [9.17, 15) is 18.0 Å². The molecule has 12 heteroatoms. The normalized spacial score (nSPS) is 12.0. The van der Waals surface area contributed by atoms with E-state index >= 15 is 0 Å². The van der Waals surface area contributed by atoms with Crippen LogP contribution in [0.3, 0.4) is 0 Å². The van der Waals surface area contributed by atoms with Gasteiger partial charge in [0.05, 0.1) is 24.8 Å². The Bertz CT molecular complexity index is 1480. The summed E-state index contributed by atoms with van der Waals surface area (Å²) < 4.78 is 39.8. The van der Waals surface area contributed by atoms with Gasteiger partial charge in [-0.05, 0) is 68.8 Å². The topological polar surface area (TPSA) is 105 Å². The molecule has 9 nitrogen and oxygen atoms in total. The summed E-state index contributed by atoms with van der Waals surface area (Å²) in [4.78, 5) is 28.8. The summed E-state index contributed by atoms with van der Waals surface area (Å²) in [7, 11) is -1.42. The fourth-order valence-corrected chi connectivity index (χ4v) is 6.32. The van der Waals surface area contributed by atoms with E-state index in [0.29, 0.717) is 21.4 Å². The zero-order chi connectivity index (χ0) is 31.0. The molecule has 0 radical (unpaired) electrons. The number of nitrogens with zero attached hydrogens (tertiary/aromatic N) is 2. The Morgan fingerprint density at radius 1 is 0.905 bits per heavy atom. The zero-order valence-electron chi connectivity index (χ0n) is 24.1. The molecule has 0 saturated heterocycles. The molecular formula is C30H35Cl2N3O6S. The van der Waals surface area contributed by atoms with Crippen LogP contribution >= 0.6 is 23.2 Å². The molecule has 3 aromatic carbocycles. The molecule has 1 N–H and O–H groups in total. The molecule has 0 saturated carbocycles. The second kappa shape index (κ2) is 14.6. The molecule has 0 fully saturated rings. The SMILES string of the molecule is CCC(C(=O)NC(C)C)N(Cc1c(Cl)cccc1Cl)C(=O)CN(c1ccccc1OC)S(=O)(=O)c1ccc(OC)cc1. The van der Waals surface area contributed by atoms with Crippen molar-refractivity contribution in [2.45, 2.75) is 50.7 Å². The van der Waals surface area contributed by atoms with E-state index in [1.54, 1.807) is 49.4 Å². The summed E-state index contributed by atoms with van der Waals surface area (Å²) in [5.41, 5.74) is 0.589. The number of halogens is 2. The van der Waals surface area contributed by atoms with Gasteiger partial charge in [0.25, 0.3) is 10.0 Å². The molecule has 3 aromatic rings. The molecule has 226 valence electrons. The first-order chi connectivity index (χ1) is 19.9. The van der Waals surface area contributed by atoms with Crippen LogP contribution in [-0.4, -0.2) is 58.0 Å². The Balaban J connectivity index is 2.14. The minimum Gasteiger partial charge on any atom is -0.497 e. The lowest BCUT2D eigenvalue weighted by atomic mass is 10.1. The number of rotatable bonds is 13. The van der Waals surface area contributed by atoms with Gasteiger partial charge in [-0.25, -0.2) is 8.42 Å². The number of hydrogen-bond acceptors (Lipinski definition) is 6. The summed E-state index contributed by atoms with van der Waals surface area (Å²) >= 11 is 12.9. The molecular weight excluding hydrogens is 601 g/mol. The summed E-state index contributed by atoms with van der Waals surface area (Å²) in [5, 5.41) is 3.48. The number of hydrogen-bond donors (Lipinski definition) is 1. The number of carbonyl (C=O) groups excluding carboxylic acids is 2. The third-order valence-corrected chi connectivity index (χ3v) is 8.97. The average Bonchev–Trinajstić information content (AvgIpc) is 2.96. The molecule has 1 atom stereocenters. The minimum atomic E-state index is -4.30. The third-order valence-electron chi connectivity index (χ3n) is 6.49. The predicted octanol–water partition coefficient (Wildman–Crippen LogP) is 5.54. The maximum Gasteiger partial charge on any atom is 0.264 e. The van der Waals surface area contributed by atoms with Crippen molar-refractivity contribution in [1.29, 1.82) is 0 Å². The Labute approximate surface area is 257 Å². The lowest BCUT2D eigenvalue weighted by Crippen LogP contribution is -2.53. The first-order valence-corrected chi connectivity index (χ1v) is 15.5. The van der Waals surface area contributed by atoms with Crippen molar-refractivity contribution in [2.75, 3.05) is 25.1 Å². The monoisotopic (exact) mass is 635 g/mol. The predicted molar refractivity (Wildman–Crippen MR) is 165 cm³/mol. The molecule has 0 aromatic heterocycles. The van der Waals surface area contributed by atoms with Crippen LogP contribution in [0.1, 0.15) is 32.8 Å². The molecule has 1 unspecified atom stereocenters. The van der Waals surface area contributed by atoms with Crippen molar-refractivity contribution < 1.29 is 27.5 Å². The lowest BCUT2D eigenvalue weighted by molar-refractivity contribution is -0.140. The summed E-state index contributed by atoms with van der Waals surface area (Å²) in [5.74, 6) is -0.308. The van der Waals surface area contributed by atoms with Crippen LogP contribution in [0, 0.1) is 0 Å². The number of methoxy groups -OCH3 is 2. The van der Waals surface area contributed by atoms with Crippen molar-refractivity contribution in [3.8, 4) is 11.5 Å². The summed E-state index contributed by atoms with van der Waals surface area (Å²) in [6.45, 7) is 4.64. The smallest absolute Gasteiger partial charge is 0.264 e. The number of amides is 2. The molecule has 2 amide bonds. The quantitative estimate of drug-likeness (QED) is 0.264. The maximum atomic E-state index is 14.2. The summed E-state index contributed by atoms with van der Waals surface area (Å²) in [6.07, 6.45) is 0.256. The number of carbonyl (C=O) groups is 2. The van der Waals surface area contributed by atoms with Crippen LogP contribution in [0.5, 0.6) is 11.5 Å². The minimum absolute atomic E-state index is 0.0627. The van der Waals surface area contributed by atoms with Gasteiger partial charge < -0.3 is 19.7 Å². The van der Waals surface area contributed by atoms with Gasteiger partial charge in [-0.15, -0.1) is 0 Å². The van der Waals surface area contributed by atoms with Crippen LogP contribution in [0.15, 0.2) is 71.6 Å². The van der Waals surface area contributed by atoms with E-state index in [1.807, 2.05) is 13.8 Å². The van der Waals surface area contributed by atoms with Crippen LogP contribution in [0.25, 0.3) is 0 Å². The van der Waals surface area contributed by atoms with Crippen molar-refractivity contribution in [2.24, 2.45) is 0 Å². The molecule has 0 aliphatic heterocycles. The largest absolute Gasteiger partial charge is 0.497 e. The second-order valence-electron chi connectivity index (χ2n) is 9.67. The number of ether oxygens (including phenoxy) is 2.